The normalized spacial score (nSPS) is 15.8. The molecule has 6 aromatic carbocycles. The number of hydrogen-bond donors (Lipinski definition) is 0. The highest BCUT2D eigenvalue weighted by molar-refractivity contribution is 6.22. The number of para-hydroxylation sites is 4. The molecule has 1 atom stereocenters. The average Bonchev–Trinajstić information content (AvgIpc) is 3.76. The molecule has 0 fully saturated rings. The zero-order chi connectivity index (χ0) is 29.9. The Balaban J connectivity index is 1.25. The predicted molar refractivity (Wildman–Crippen MR) is 191 cm³/mol. The molecule has 0 N–H and O–H groups in total. The van der Waals surface area contributed by atoms with E-state index in [2.05, 4.69) is 153 Å². The van der Waals surface area contributed by atoms with Crippen molar-refractivity contribution in [2.45, 2.75) is 6.04 Å². The van der Waals surface area contributed by atoms with Gasteiger partial charge >= 0.3 is 0 Å². The molecule has 214 valence electrons. The second-order valence-corrected chi connectivity index (χ2v) is 12.3. The van der Waals surface area contributed by atoms with Crippen molar-refractivity contribution in [3.63, 3.8) is 0 Å². The molecule has 11 rings (SSSR count). The Hall–Kier alpha value is -6.13. The first-order valence-electron chi connectivity index (χ1n) is 15.8. The van der Waals surface area contributed by atoms with E-state index in [4.69, 9.17) is 4.42 Å². The summed E-state index contributed by atoms with van der Waals surface area (Å²) in [5, 5.41) is 7.36. The molecule has 3 aromatic heterocycles. The molecule has 46 heavy (non-hydrogen) atoms. The maximum Gasteiger partial charge on any atom is 0.235 e. The Morgan fingerprint density at radius 2 is 1.33 bits per heavy atom. The lowest BCUT2D eigenvalue weighted by Crippen LogP contribution is -2.30. The molecule has 1 unspecified atom stereocenters. The first kappa shape index (κ1) is 24.2. The molecule has 0 spiro atoms. The summed E-state index contributed by atoms with van der Waals surface area (Å²) in [5.74, 6) is 0. The van der Waals surface area contributed by atoms with E-state index in [1.165, 1.54) is 60.7 Å². The van der Waals surface area contributed by atoms with Crippen molar-refractivity contribution in [1.29, 1.82) is 0 Å². The molecule has 0 radical (unpaired) electrons. The number of fused-ring (bicyclic) bond motifs is 11. The molecule has 1 aliphatic carbocycles. The van der Waals surface area contributed by atoms with Gasteiger partial charge in [0.15, 0.2) is 0 Å². The average molecular weight is 589 g/mol. The minimum atomic E-state index is 0.0451. The van der Waals surface area contributed by atoms with Crippen molar-refractivity contribution >= 4 is 82.6 Å². The van der Waals surface area contributed by atoms with E-state index in [0.29, 0.717) is 0 Å². The van der Waals surface area contributed by atoms with Crippen LogP contribution in [0.4, 0.5) is 11.4 Å². The molecule has 9 aromatic rings. The van der Waals surface area contributed by atoms with Crippen molar-refractivity contribution in [3.8, 4) is 5.69 Å². The molecule has 0 bridgehead atoms. The molecular weight excluding hydrogens is 562 g/mol. The van der Waals surface area contributed by atoms with Crippen LogP contribution in [0.3, 0.4) is 0 Å². The van der Waals surface area contributed by atoms with Crippen molar-refractivity contribution in [3.05, 3.63) is 152 Å². The summed E-state index contributed by atoms with van der Waals surface area (Å²) in [6.45, 7) is 0. The van der Waals surface area contributed by atoms with Gasteiger partial charge in [0.05, 0.1) is 16.6 Å². The number of aromatic nitrogens is 2. The summed E-state index contributed by atoms with van der Waals surface area (Å²) in [6.07, 6.45) is 8.95. The molecule has 4 heterocycles. The highest BCUT2D eigenvalue weighted by atomic mass is 16.3. The third-order valence-electron chi connectivity index (χ3n) is 9.98. The Kier molecular flexibility index (Phi) is 4.60. The SMILES string of the molecule is C1=CC2=[N+](c3ccc4oc5ccccc5c4c3)c3cccc4c5cc6c7ccccc7n(-c7ccccc7)c6cc5n(c34)C2C=C1. The topological polar surface area (TPSA) is 26.0 Å². The zero-order valence-corrected chi connectivity index (χ0v) is 24.8. The van der Waals surface area contributed by atoms with Crippen molar-refractivity contribution in [2.75, 3.05) is 0 Å². The van der Waals surface area contributed by atoms with Gasteiger partial charge in [0.1, 0.15) is 22.7 Å². The van der Waals surface area contributed by atoms with Crippen LogP contribution in [0.15, 0.2) is 156 Å². The van der Waals surface area contributed by atoms with Crippen LogP contribution in [0, 0.1) is 0 Å². The highest BCUT2D eigenvalue weighted by Crippen LogP contribution is 2.46. The summed E-state index contributed by atoms with van der Waals surface area (Å²) in [5.41, 5.74) is 11.5. The number of hydrogen-bond acceptors (Lipinski definition) is 1. The first-order valence-corrected chi connectivity index (χ1v) is 15.8. The fourth-order valence-electron chi connectivity index (χ4n) is 8.09. The number of furan rings is 1. The zero-order valence-electron chi connectivity index (χ0n) is 24.8. The lowest BCUT2D eigenvalue weighted by molar-refractivity contribution is 0.669. The van der Waals surface area contributed by atoms with Gasteiger partial charge in [-0.05, 0) is 42.5 Å². The van der Waals surface area contributed by atoms with Gasteiger partial charge in [-0.1, -0.05) is 85.0 Å². The fourth-order valence-corrected chi connectivity index (χ4v) is 8.09. The quantitative estimate of drug-likeness (QED) is 0.185. The van der Waals surface area contributed by atoms with E-state index in [0.717, 1.165) is 27.6 Å². The van der Waals surface area contributed by atoms with E-state index in [9.17, 15) is 0 Å². The summed E-state index contributed by atoms with van der Waals surface area (Å²) in [7, 11) is 0. The number of allylic oxidation sites excluding steroid dienone is 4. The molecule has 0 saturated heterocycles. The maximum absolute atomic E-state index is 6.20. The summed E-state index contributed by atoms with van der Waals surface area (Å²) in [6, 6.07) is 46.1. The van der Waals surface area contributed by atoms with Gasteiger partial charge in [-0.15, -0.1) is 0 Å². The van der Waals surface area contributed by atoms with E-state index in [1.54, 1.807) is 0 Å². The molecular formula is C42H26N3O+. The van der Waals surface area contributed by atoms with E-state index < -0.39 is 0 Å². The monoisotopic (exact) mass is 588 g/mol. The van der Waals surface area contributed by atoms with Crippen molar-refractivity contribution in [2.24, 2.45) is 0 Å². The first-order chi connectivity index (χ1) is 22.8. The Morgan fingerprint density at radius 1 is 0.543 bits per heavy atom. The summed E-state index contributed by atoms with van der Waals surface area (Å²) >= 11 is 0. The lowest BCUT2D eigenvalue weighted by atomic mass is 10.0. The largest absolute Gasteiger partial charge is 0.456 e. The molecule has 1 aliphatic heterocycles. The minimum absolute atomic E-state index is 0.0451. The van der Waals surface area contributed by atoms with Crippen LogP contribution >= 0.6 is 0 Å². The molecule has 0 amide bonds. The van der Waals surface area contributed by atoms with Crippen molar-refractivity contribution in [1.82, 2.24) is 13.7 Å². The smallest absolute Gasteiger partial charge is 0.235 e. The van der Waals surface area contributed by atoms with Gasteiger partial charge in [0.2, 0.25) is 17.1 Å². The Bertz CT molecular complexity index is 2860. The Labute approximate surface area is 263 Å². The van der Waals surface area contributed by atoms with E-state index in [1.807, 2.05) is 12.1 Å². The summed E-state index contributed by atoms with van der Waals surface area (Å²) < 4.78 is 13.6. The standard InChI is InChI=1S/C42H26N3O/c1-2-11-26(12-3-1)43-34-16-6-4-13-28(34)31-24-32-30-15-10-19-37-42(30)45(39(32)25-38(31)43)36-18-8-7-17-35(36)44(37)27-21-22-41-33(23-27)29-14-5-9-20-40(29)46-41/h1-25,36H/q+1. The summed E-state index contributed by atoms with van der Waals surface area (Å²) in [4.78, 5) is 0. The minimum Gasteiger partial charge on any atom is -0.456 e. The molecule has 0 saturated carbocycles. The highest BCUT2D eigenvalue weighted by Gasteiger charge is 2.37. The number of benzene rings is 6. The van der Waals surface area contributed by atoms with Crippen LogP contribution in [-0.2, 0) is 0 Å². The van der Waals surface area contributed by atoms with E-state index >= 15 is 0 Å². The van der Waals surface area contributed by atoms with Crippen LogP contribution in [0.25, 0.3) is 71.2 Å². The second-order valence-electron chi connectivity index (χ2n) is 12.3. The van der Waals surface area contributed by atoms with Crippen LogP contribution < -0.4 is 4.58 Å². The molecule has 4 heteroatoms. The van der Waals surface area contributed by atoms with Gasteiger partial charge < -0.3 is 13.6 Å². The van der Waals surface area contributed by atoms with Crippen LogP contribution in [-0.4, -0.2) is 14.8 Å². The van der Waals surface area contributed by atoms with Gasteiger partial charge in [-0.2, -0.15) is 4.58 Å². The van der Waals surface area contributed by atoms with Crippen molar-refractivity contribution < 1.29 is 4.42 Å². The third-order valence-corrected chi connectivity index (χ3v) is 9.98. The van der Waals surface area contributed by atoms with Crippen LogP contribution in [0.1, 0.15) is 6.04 Å². The fraction of sp³-hybridized carbons (Fsp3) is 0.0238. The number of nitrogens with zero attached hydrogens (tertiary/aromatic N) is 3. The molecule has 4 nitrogen and oxygen atoms in total. The second kappa shape index (κ2) is 8.74. The van der Waals surface area contributed by atoms with E-state index in [-0.39, 0.29) is 6.04 Å². The maximum atomic E-state index is 6.20. The number of rotatable bonds is 2. The molecule has 2 aliphatic rings. The van der Waals surface area contributed by atoms with Gasteiger partial charge in [-0.25, -0.2) is 0 Å². The predicted octanol–water partition coefficient (Wildman–Crippen LogP) is 10.7. The van der Waals surface area contributed by atoms with Gasteiger partial charge in [0.25, 0.3) is 0 Å². The Morgan fingerprint density at radius 3 is 2.26 bits per heavy atom. The lowest BCUT2D eigenvalue weighted by Gasteiger charge is -2.24. The van der Waals surface area contributed by atoms with Crippen LogP contribution in [0.2, 0.25) is 0 Å². The van der Waals surface area contributed by atoms with Gasteiger partial charge in [-0.3, -0.25) is 0 Å². The third kappa shape index (κ3) is 3.05. The van der Waals surface area contributed by atoms with Gasteiger partial charge in [0, 0.05) is 62.3 Å². The van der Waals surface area contributed by atoms with Crippen LogP contribution in [0.5, 0.6) is 0 Å².